The minimum absolute atomic E-state index is 0.384. The molecule has 23 heavy (non-hydrogen) atoms. The predicted molar refractivity (Wildman–Crippen MR) is 98.4 cm³/mol. The fourth-order valence-corrected chi connectivity index (χ4v) is 2.44. The van der Waals surface area contributed by atoms with E-state index in [1.165, 1.54) is 12.1 Å². The highest BCUT2D eigenvalue weighted by atomic mass is 35.5. The van der Waals surface area contributed by atoms with Gasteiger partial charge in [0.2, 0.25) is 5.91 Å². The van der Waals surface area contributed by atoms with Crippen LogP contribution in [0.1, 0.15) is 10.4 Å². The summed E-state index contributed by atoms with van der Waals surface area (Å²) in [6.07, 6.45) is 0. The smallest absolute Gasteiger partial charge is 0.248 e. The average Bonchev–Trinajstić information content (AvgIpc) is 2.53. The van der Waals surface area contributed by atoms with Crippen LogP contribution >= 0.6 is 34.8 Å². The van der Waals surface area contributed by atoms with Crippen LogP contribution in [0.4, 0.5) is 5.69 Å². The Kier molecular flexibility index (Phi) is 5.72. The van der Waals surface area contributed by atoms with Crippen molar-refractivity contribution in [1.82, 2.24) is 0 Å². The molecule has 6 heteroatoms. The molecule has 3 aromatic rings. The van der Waals surface area contributed by atoms with Gasteiger partial charge in [0.15, 0.2) is 0 Å². The van der Waals surface area contributed by atoms with Crippen molar-refractivity contribution in [1.29, 1.82) is 0 Å². The van der Waals surface area contributed by atoms with Gasteiger partial charge in [0, 0.05) is 5.56 Å². The molecule has 0 aromatic heterocycles. The van der Waals surface area contributed by atoms with Crippen molar-refractivity contribution in [2.75, 3.05) is 5.73 Å². The quantitative estimate of drug-likeness (QED) is 0.460. The molecule has 1 amide bonds. The van der Waals surface area contributed by atoms with E-state index >= 15 is 0 Å². The molecule has 0 saturated carbocycles. The number of fused-ring (bicyclic) bond motifs is 1. The maximum absolute atomic E-state index is 10.9. The van der Waals surface area contributed by atoms with E-state index < -0.39 is 0 Å². The largest absolute Gasteiger partial charge is 0.397 e. The summed E-state index contributed by atoms with van der Waals surface area (Å²) in [5.74, 6) is -0.384. The molecule has 0 saturated heterocycles. The summed E-state index contributed by atoms with van der Waals surface area (Å²) in [6, 6.07) is 16.3. The number of nitrogen functional groups attached to an aromatic ring is 1. The standard InChI is InChI=1S/C11H9NO.C6H4Cl3N/c12-11(13)10-6-5-8-3-1-2-4-9(8)7-10;7-3-1-5(9)6(10)2-4(3)8/h1-7H,(H2,12,13);1-2H,10H2. The average molecular weight is 368 g/mol. The van der Waals surface area contributed by atoms with Gasteiger partial charge in [-0.15, -0.1) is 0 Å². The number of carbonyl (C=O) groups is 1. The lowest BCUT2D eigenvalue weighted by molar-refractivity contribution is 0.100. The van der Waals surface area contributed by atoms with Crippen molar-refractivity contribution in [3.8, 4) is 0 Å². The Bertz CT molecular complexity index is 815. The molecule has 0 aliphatic carbocycles. The van der Waals surface area contributed by atoms with Gasteiger partial charge < -0.3 is 11.5 Å². The van der Waals surface area contributed by atoms with Crippen molar-refractivity contribution < 1.29 is 4.79 Å². The molecule has 0 fully saturated rings. The molecule has 3 aromatic carbocycles. The van der Waals surface area contributed by atoms with Gasteiger partial charge in [0.25, 0.3) is 0 Å². The third-order valence-corrected chi connectivity index (χ3v) is 4.12. The van der Waals surface area contributed by atoms with E-state index in [9.17, 15) is 4.79 Å². The zero-order chi connectivity index (χ0) is 17.0. The molecule has 0 aliphatic rings. The molecule has 0 bridgehead atoms. The zero-order valence-electron chi connectivity index (χ0n) is 11.9. The van der Waals surface area contributed by atoms with Gasteiger partial charge in [-0.2, -0.15) is 0 Å². The maximum Gasteiger partial charge on any atom is 0.248 e. The highest BCUT2D eigenvalue weighted by Crippen LogP contribution is 2.29. The van der Waals surface area contributed by atoms with Gasteiger partial charge >= 0.3 is 0 Å². The maximum atomic E-state index is 10.9. The number of benzene rings is 3. The summed E-state index contributed by atoms with van der Waals surface area (Å²) in [5, 5.41) is 3.42. The molecule has 3 nitrogen and oxygen atoms in total. The van der Waals surface area contributed by atoms with Crippen LogP contribution in [-0.4, -0.2) is 5.91 Å². The summed E-state index contributed by atoms with van der Waals surface area (Å²) < 4.78 is 0. The van der Waals surface area contributed by atoms with Crippen molar-refractivity contribution in [2.45, 2.75) is 0 Å². The molecule has 0 aliphatic heterocycles. The Morgan fingerprint density at radius 2 is 1.39 bits per heavy atom. The van der Waals surface area contributed by atoms with Crippen LogP contribution in [0.3, 0.4) is 0 Å². The topological polar surface area (TPSA) is 69.1 Å². The Labute approximate surface area is 148 Å². The zero-order valence-corrected chi connectivity index (χ0v) is 14.2. The van der Waals surface area contributed by atoms with Crippen molar-refractivity contribution in [2.24, 2.45) is 5.73 Å². The van der Waals surface area contributed by atoms with E-state index in [2.05, 4.69) is 0 Å². The summed E-state index contributed by atoms with van der Waals surface area (Å²) in [4.78, 5) is 10.9. The summed E-state index contributed by atoms with van der Waals surface area (Å²) in [7, 11) is 0. The molecule has 0 heterocycles. The minimum Gasteiger partial charge on any atom is -0.397 e. The second-order valence-electron chi connectivity index (χ2n) is 4.71. The Balaban J connectivity index is 0.000000174. The first-order valence-electron chi connectivity index (χ1n) is 6.57. The summed E-state index contributed by atoms with van der Waals surface area (Å²) >= 11 is 16.8. The molecule has 0 unspecified atom stereocenters. The first-order valence-corrected chi connectivity index (χ1v) is 7.70. The van der Waals surface area contributed by atoms with Crippen LogP contribution in [0, 0.1) is 0 Å². The Hall–Kier alpha value is -1.94. The van der Waals surface area contributed by atoms with E-state index in [1.54, 1.807) is 12.1 Å². The SMILES string of the molecule is NC(=O)c1ccc2ccccc2c1.Nc1cc(Cl)c(Cl)cc1Cl. The first kappa shape index (κ1) is 17.4. The van der Waals surface area contributed by atoms with Crippen LogP contribution < -0.4 is 11.5 Å². The van der Waals surface area contributed by atoms with Gasteiger partial charge in [-0.3, -0.25) is 4.79 Å². The highest BCUT2D eigenvalue weighted by molar-refractivity contribution is 6.43. The summed E-state index contributed by atoms with van der Waals surface area (Å²) in [6.45, 7) is 0. The molecular formula is C17H13Cl3N2O. The molecular weight excluding hydrogens is 355 g/mol. The molecule has 0 spiro atoms. The van der Waals surface area contributed by atoms with Crippen molar-refractivity contribution in [3.05, 3.63) is 75.2 Å². The lowest BCUT2D eigenvalue weighted by atomic mass is 10.1. The highest BCUT2D eigenvalue weighted by Gasteiger charge is 2.01. The van der Waals surface area contributed by atoms with Gasteiger partial charge in [-0.05, 0) is 35.0 Å². The summed E-state index contributed by atoms with van der Waals surface area (Å²) in [5.41, 5.74) is 11.6. The van der Waals surface area contributed by atoms with E-state index in [4.69, 9.17) is 46.3 Å². The van der Waals surface area contributed by atoms with Crippen LogP contribution in [0.5, 0.6) is 0 Å². The minimum atomic E-state index is -0.384. The van der Waals surface area contributed by atoms with E-state index in [1.807, 2.05) is 30.3 Å². The van der Waals surface area contributed by atoms with Gasteiger partial charge in [0.1, 0.15) is 0 Å². The lowest BCUT2D eigenvalue weighted by Crippen LogP contribution is -2.10. The van der Waals surface area contributed by atoms with Crippen molar-refractivity contribution in [3.63, 3.8) is 0 Å². The molecule has 118 valence electrons. The van der Waals surface area contributed by atoms with E-state index in [0.717, 1.165) is 10.8 Å². The number of amides is 1. The van der Waals surface area contributed by atoms with Gasteiger partial charge in [-0.25, -0.2) is 0 Å². The van der Waals surface area contributed by atoms with E-state index in [0.29, 0.717) is 26.3 Å². The Morgan fingerprint density at radius 3 is 2.00 bits per heavy atom. The van der Waals surface area contributed by atoms with Crippen molar-refractivity contribution >= 4 is 57.2 Å². The second kappa shape index (κ2) is 7.55. The number of hydrogen-bond acceptors (Lipinski definition) is 2. The molecule has 0 atom stereocenters. The number of anilines is 1. The number of carbonyl (C=O) groups excluding carboxylic acids is 1. The van der Waals surface area contributed by atoms with Crippen LogP contribution in [-0.2, 0) is 0 Å². The number of rotatable bonds is 1. The van der Waals surface area contributed by atoms with Gasteiger partial charge in [0.05, 0.1) is 20.8 Å². The molecule has 4 N–H and O–H groups in total. The normalized spacial score (nSPS) is 10.0. The van der Waals surface area contributed by atoms with E-state index in [-0.39, 0.29) is 5.91 Å². The third kappa shape index (κ3) is 4.52. The third-order valence-electron chi connectivity index (χ3n) is 3.07. The van der Waals surface area contributed by atoms with Crippen LogP contribution in [0.25, 0.3) is 10.8 Å². The lowest BCUT2D eigenvalue weighted by Gasteiger charge is -1.99. The number of hydrogen-bond donors (Lipinski definition) is 2. The number of primary amides is 1. The fraction of sp³-hybridized carbons (Fsp3) is 0. The molecule has 0 radical (unpaired) electrons. The predicted octanol–water partition coefficient (Wildman–Crippen LogP) is 5.17. The number of halogens is 3. The monoisotopic (exact) mass is 366 g/mol. The van der Waals surface area contributed by atoms with Crippen LogP contribution in [0.2, 0.25) is 15.1 Å². The Morgan fingerprint density at radius 1 is 0.783 bits per heavy atom. The fourth-order valence-electron chi connectivity index (χ4n) is 1.88. The second-order valence-corrected chi connectivity index (χ2v) is 5.94. The first-order chi connectivity index (χ1) is 10.9. The number of nitrogens with two attached hydrogens (primary N) is 2. The van der Waals surface area contributed by atoms with Crippen LogP contribution in [0.15, 0.2) is 54.6 Å². The van der Waals surface area contributed by atoms with Gasteiger partial charge in [-0.1, -0.05) is 65.1 Å². The molecule has 3 rings (SSSR count).